The lowest BCUT2D eigenvalue weighted by molar-refractivity contribution is -0.161. The Bertz CT molecular complexity index is 1150. The van der Waals surface area contributed by atoms with E-state index in [2.05, 4.69) is 25.8 Å². The van der Waals surface area contributed by atoms with Gasteiger partial charge in [-0.2, -0.15) is 0 Å². The van der Waals surface area contributed by atoms with Crippen molar-refractivity contribution >= 4 is 29.5 Å². The third-order valence-corrected chi connectivity index (χ3v) is 6.71. The number of nitrogens with one attached hydrogen (secondary N) is 3. The number of hydrogen-bond acceptors (Lipinski definition) is 9. The van der Waals surface area contributed by atoms with Gasteiger partial charge in [-0.15, -0.1) is 0 Å². The molecule has 1 atom stereocenters. The minimum absolute atomic E-state index is 0.125. The summed E-state index contributed by atoms with van der Waals surface area (Å²) in [5, 5.41) is 18.8. The summed E-state index contributed by atoms with van der Waals surface area (Å²) in [6.45, 7) is 2.81. The smallest absolute Gasteiger partial charge is 0.340 e. The van der Waals surface area contributed by atoms with Gasteiger partial charge in [-0.05, 0) is 49.1 Å². The number of carboxylic acid groups (broad SMARTS) is 1. The monoisotopic (exact) mass is 522 g/mol. The van der Waals surface area contributed by atoms with Crippen LogP contribution in [0.5, 0.6) is 0 Å². The maximum Gasteiger partial charge on any atom is 0.340 e. The van der Waals surface area contributed by atoms with Gasteiger partial charge >= 0.3 is 11.9 Å². The molecule has 0 aromatic heterocycles. The van der Waals surface area contributed by atoms with Crippen LogP contribution in [0.2, 0.25) is 0 Å². The number of esters is 1. The molecule has 2 aliphatic heterocycles. The molecule has 0 bridgehead atoms. The van der Waals surface area contributed by atoms with Crippen molar-refractivity contribution in [2.45, 2.75) is 37.5 Å². The average Bonchev–Trinajstić information content (AvgIpc) is 2.96. The number of nitrogens with zero attached hydrogens (tertiary/aromatic N) is 2. The summed E-state index contributed by atoms with van der Waals surface area (Å²) in [4.78, 5) is 43.7. The van der Waals surface area contributed by atoms with Crippen molar-refractivity contribution in [3.05, 3.63) is 65.7 Å². The molecule has 0 radical (unpaired) electrons. The van der Waals surface area contributed by atoms with E-state index < -0.39 is 29.9 Å². The van der Waals surface area contributed by atoms with Gasteiger partial charge in [0.25, 0.3) is 5.91 Å². The summed E-state index contributed by atoms with van der Waals surface area (Å²) < 4.78 is 5.11. The highest BCUT2D eigenvalue weighted by Gasteiger charge is 2.44. The molecule has 0 saturated carbocycles. The largest absolute Gasteiger partial charge is 0.479 e. The highest BCUT2D eigenvalue weighted by Crippen LogP contribution is 2.21. The first-order valence-corrected chi connectivity index (χ1v) is 12.8. The average molecular weight is 523 g/mol. The number of aliphatic carboxylic acids is 1. The van der Waals surface area contributed by atoms with Crippen LogP contribution in [-0.4, -0.2) is 73.2 Å². The molecule has 38 heavy (non-hydrogen) atoms. The number of aliphatic imine (C=N–C) groups is 1. The van der Waals surface area contributed by atoms with Crippen molar-refractivity contribution in [1.82, 2.24) is 16.0 Å². The number of anilines is 1. The van der Waals surface area contributed by atoms with E-state index in [0.29, 0.717) is 17.2 Å². The Morgan fingerprint density at radius 3 is 2.45 bits per heavy atom. The first-order chi connectivity index (χ1) is 18.3. The van der Waals surface area contributed by atoms with E-state index in [4.69, 9.17) is 10.5 Å². The molecule has 2 heterocycles. The molecule has 202 valence electrons. The van der Waals surface area contributed by atoms with E-state index >= 15 is 0 Å². The maximum absolute atomic E-state index is 12.7. The Kier molecular flexibility index (Phi) is 8.80. The second kappa shape index (κ2) is 12.4. The number of amides is 1. The highest BCUT2D eigenvalue weighted by atomic mass is 16.5. The van der Waals surface area contributed by atoms with Gasteiger partial charge in [-0.1, -0.05) is 30.3 Å². The fraction of sp³-hybridized carbons (Fsp3) is 0.407. The third kappa shape index (κ3) is 6.80. The van der Waals surface area contributed by atoms with Crippen LogP contribution in [0, 0.1) is 0 Å². The molecular weight excluding hydrogens is 488 g/mol. The van der Waals surface area contributed by atoms with Crippen LogP contribution in [0.1, 0.15) is 35.2 Å². The summed E-state index contributed by atoms with van der Waals surface area (Å²) in [6, 6.07) is 16.2. The number of guanidine groups is 1. The van der Waals surface area contributed by atoms with Crippen LogP contribution in [0.25, 0.3) is 0 Å². The van der Waals surface area contributed by atoms with Crippen molar-refractivity contribution in [2.75, 3.05) is 37.6 Å². The van der Waals surface area contributed by atoms with Crippen LogP contribution in [-0.2, 0) is 20.9 Å². The predicted octanol–water partition coefficient (Wildman–Crippen LogP) is 0.850. The second-order valence-electron chi connectivity index (χ2n) is 9.48. The summed E-state index contributed by atoms with van der Waals surface area (Å²) >= 11 is 0. The molecule has 11 heteroatoms. The molecule has 1 saturated heterocycles. The van der Waals surface area contributed by atoms with Crippen molar-refractivity contribution in [3.63, 3.8) is 0 Å². The molecule has 4 rings (SSSR count). The lowest BCUT2D eigenvalue weighted by atomic mass is 10.0. The van der Waals surface area contributed by atoms with Crippen molar-refractivity contribution in [1.29, 1.82) is 0 Å². The number of carbonyl (C=O) groups is 3. The van der Waals surface area contributed by atoms with Gasteiger partial charge in [-0.3, -0.25) is 9.79 Å². The van der Waals surface area contributed by atoms with Gasteiger partial charge in [0.15, 0.2) is 5.96 Å². The minimum Gasteiger partial charge on any atom is -0.479 e. The number of rotatable bonds is 9. The van der Waals surface area contributed by atoms with Gasteiger partial charge in [0, 0.05) is 43.5 Å². The van der Waals surface area contributed by atoms with E-state index in [0.717, 1.165) is 57.1 Å². The molecule has 11 nitrogen and oxygen atoms in total. The molecule has 6 N–H and O–H groups in total. The Morgan fingerprint density at radius 2 is 1.82 bits per heavy atom. The number of ether oxygens (including phenoxy) is 1. The topological polar surface area (TPSA) is 158 Å². The summed E-state index contributed by atoms with van der Waals surface area (Å²) in [5.41, 5.74) is 5.46. The van der Waals surface area contributed by atoms with Gasteiger partial charge < -0.3 is 36.4 Å². The van der Waals surface area contributed by atoms with E-state index in [-0.39, 0.29) is 6.61 Å². The maximum atomic E-state index is 12.7. The summed E-state index contributed by atoms with van der Waals surface area (Å²) in [5.74, 6) is -2.37. The molecule has 0 spiro atoms. The normalized spacial score (nSPS) is 17.4. The highest BCUT2D eigenvalue weighted by molar-refractivity contribution is 6.05. The van der Waals surface area contributed by atoms with Gasteiger partial charge in [0.05, 0.1) is 6.54 Å². The molecule has 1 fully saturated rings. The number of carboxylic acids is 1. The zero-order chi connectivity index (χ0) is 27.0. The van der Waals surface area contributed by atoms with Crippen LogP contribution < -0.4 is 26.6 Å². The Morgan fingerprint density at radius 1 is 1.11 bits per heavy atom. The van der Waals surface area contributed by atoms with Gasteiger partial charge in [0.1, 0.15) is 6.61 Å². The number of benzene rings is 2. The molecule has 1 amide bonds. The first-order valence-electron chi connectivity index (χ1n) is 12.8. The summed E-state index contributed by atoms with van der Waals surface area (Å²) in [6.07, 6.45) is 3.00. The van der Waals surface area contributed by atoms with Crippen molar-refractivity contribution in [2.24, 2.45) is 10.7 Å². The fourth-order valence-corrected chi connectivity index (χ4v) is 4.34. The van der Waals surface area contributed by atoms with E-state index in [9.17, 15) is 19.5 Å². The predicted molar refractivity (Wildman–Crippen MR) is 143 cm³/mol. The van der Waals surface area contributed by atoms with Crippen LogP contribution in [0.15, 0.2) is 59.6 Å². The van der Waals surface area contributed by atoms with Crippen LogP contribution in [0.4, 0.5) is 5.69 Å². The number of hydrogen-bond donors (Lipinski definition) is 5. The van der Waals surface area contributed by atoms with Crippen molar-refractivity contribution in [3.8, 4) is 0 Å². The Labute approximate surface area is 221 Å². The van der Waals surface area contributed by atoms with E-state index in [1.54, 1.807) is 36.4 Å². The quantitative estimate of drug-likeness (QED) is 0.238. The number of carbonyl (C=O) groups excluding carboxylic acids is 2. The SMILES string of the molecule is N[C@@](CNC(=O)c1ccc(N2CCC(NC3=NCCCN3)CC2)cc1)(C(=O)O)C(=O)OCc1ccccc1. The van der Waals surface area contributed by atoms with E-state index in [1.165, 1.54) is 0 Å². The number of nitrogens with two attached hydrogens (primary N) is 1. The lowest BCUT2D eigenvalue weighted by Crippen LogP contribution is -2.62. The first kappa shape index (κ1) is 26.9. The van der Waals surface area contributed by atoms with Crippen molar-refractivity contribution < 1.29 is 24.2 Å². The Balaban J connectivity index is 1.27. The zero-order valence-corrected chi connectivity index (χ0v) is 21.2. The van der Waals surface area contributed by atoms with Gasteiger partial charge in [-0.25, -0.2) is 9.59 Å². The fourth-order valence-electron chi connectivity index (χ4n) is 4.34. The zero-order valence-electron chi connectivity index (χ0n) is 21.2. The van der Waals surface area contributed by atoms with Gasteiger partial charge in [0.2, 0.25) is 5.54 Å². The summed E-state index contributed by atoms with van der Waals surface area (Å²) in [7, 11) is 0. The minimum atomic E-state index is -2.42. The lowest BCUT2D eigenvalue weighted by Gasteiger charge is -2.35. The second-order valence-corrected chi connectivity index (χ2v) is 9.48. The molecule has 0 aliphatic carbocycles. The van der Waals surface area contributed by atoms with Crippen LogP contribution in [0.3, 0.4) is 0 Å². The number of piperidine rings is 1. The molecule has 2 aliphatic rings. The van der Waals surface area contributed by atoms with Crippen LogP contribution >= 0.6 is 0 Å². The standard InChI is InChI=1S/C27H34N6O5/c28-27(24(35)36,25(37)38-17-19-5-2-1-3-6-19)18-31-23(34)20-7-9-22(10-8-20)33-15-11-21(12-16-33)32-26-29-13-4-14-30-26/h1-3,5-10,21H,4,11-18,28H2,(H,31,34)(H,35,36)(H2,29,30,32)/t27-/m0/s1. The molecular formula is C27H34N6O5. The Hall–Kier alpha value is -4.12. The van der Waals surface area contributed by atoms with E-state index in [1.807, 2.05) is 18.2 Å². The molecule has 0 unspecified atom stereocenters. The molecule has 2 aromatic carbocycles. The third-order valence-electron chi connectivity index (χ3n) is 6.71. The molecule has 2 aromatic rings.